The predicted octanol–water partition coefficient (Wildman–Crippen LogP) is -0.289. The van der Waals surface area contributed by atoms with Gasteiger partial charge in [0.05, 0.1) is 5.92 Å². The van der Waals surface area contributed by atoms with E-state index in [1.54, 1.807) is 0 Å². The zero-order valence-electron chi connectivity index (χ0n) is 7.13. The molecule has 3 aliphatic rings. The molecule has 6 heteroatoms. The Morgan fingerprint density at radius 2 is 2.29 bits per heavy atom. The van der Waals surface area contributed by atoms with Crippen LogP contribution in [0.15, 0.2) is 0 Å². The normalized spacial score (nSPS) is 49.4. The van der Waals surface area contributed by atoms with Gasteiger partial charge in [-0.2, -0.15) is 0 Å². The molecule has 4 unspecified atom stereocenters. The van der Waals surface area contributed by atoms with Crippen molar-refractivity contribution in [1.82, 2.24) is 0 Å². The lowest BCUT2D eigenvalue weighted by Gasteiger charge is -2.31. The number of ether oxygens (including phenoxy) is 3. The van der Waals surface area contributed by atoms with Gasteiger partial charge in [-0.1, -0.05) is 0 Å². The minimum Gasteiger partial charge on any atom is -0.449 e. The van der Waals surface area contributed by atoms with Crippen molar-refractivity contribution >= 4 is 23.4 Å². The Morgan fingerprint density at radius 3 is 3.07 bits per heavy atom. The number of fused-ring (bicyclic) bond motifs is 4. The van der Waals surface area contributed by atoms with E-state index in [4.69, 9.17) is 26.4 Å². The Bertz CT molecular complexity index is 330. The summed E-state index contributed by atoms with van der Waals surface area (Å²) >= 11 is 4.73. The summed E-state index contributed by atoms with van der Waals surface area (Å²) in [5, 5.41) is 10.00. The summed E-state index contributed by atoms with van der Waals surface area (Å²) in [4.78, 5) is 11.2. The lowest BCUT2D eigenvalue weighted by molar-refractivity contribution is -0.228. The van der Waals surface area contributed by atoms with Crippen molar-refractivity contribution in [3.63, 3.8) is 0 Å². The number of hydrogen-bond donors (Lipinski definition) is 1. The van der Waals surface area contributed by atoms with Gasteiger partial charge in [0, 0.05) is 25.1 Å². The van der Waals surface area contributed by atoms with Crippen molar-refractivity contribution in [2.24, 2.45) is 5.92 Å². The first kappa shape index (κ1) is 8.43. The number of esters is 1. The molecule has 0 aromatic rings. The van der Waals surface area contributed by atoms with E-state index in [0.717, 1.165) is 0 Å². The summed E-state index contributed by atoms with van der Waals surface area (Å²) in [7, 11) is 0. The van der Waals surface area contributed by atoms with Gasteiger partial charge in [-0.05, 0) is 0 Å². The zero-order valence-corrected chi connectivity index (χ0v) is 7.95. The van der Waals surface area contributed by atoms with E-state index in [-0.39, 0.29) is 29.6 Å². The molecule has 0 aromatic carbocycles. The topological polar surface area (TPSA) is 65.0 Å². The first-order valence-electron chi connectivity index (χ1n) is 4.41. The minimum atomic E-state index is -1.54. The summed E-state index contributed by atoms with van der Waals surface area (Å²) in [6.45, 7) is 0. The lowest BCUT2D eigenvalue weighted by Crippen LogP contribution is -2.50. The van der Waals surface area contributed by atoms with Crippen molar-refractivity contribution < 1.29 is 24.1 Å². The summed E-state index contributed by atoms with van der Waals surface area (Å²) in [6, 6.07) is 0. The van der Waals surface area contributed by atoms with Crippen LogP contribution in [0.1, 0.15) is 12.8 Å². The van der Waals surface area contributed by atoms with Gasteiger partial charge in [-0.15, -0.1) is 0 Å². The van der Waals surface area contributed by atoms with Gasteiger partial charge in [-0.3, -0.25) is 4.79 Å². The monoisotopic (exact) mass is 216 g/mol. The number of hydrogen-bond acceptors (Lipinski definition) is 6. The maximum atomic E-state index is 11.2. The Kier molecular flexibility index (Phi) is 1.43. The second kappa shape index (κ2) is 2.38. The van der Waals surface area contributed by atoms with Crippen molar-refractivity contribution in [2.75, 3.05) is 0 Å². The van der Waals surface area contributed by atoms with Crippen LogP contribution in [0, 0.1) is 5.92 Å². The summed E-state index contributed by atoms with van der Waals surface area (Å²) < 4.78 is 15.2. The third-order valence-electron chi connectivity index (χ3n) is 2.92. The fraction of sp³-hybridized carbons (Fsp3) is 0.750. The molecule has 1 saturated carbocycles. The fourth-order valence-corrected chi connectivity index (χ4v) is 2.54. The Hall–Kier alpha value is -0.880. The molecule has 1 aliphatic carbocycles. The number of aliphatic hydroxyl groups is 1. The Balaban J connectivity index is 1.97. The van der Waals surface area contributed by atoms with E-state index in [1.165, 1.54) is 0 Å². The first-order valence-corrected chi connectivity index (χ1v) is 4.82. The molecular weight excluding hydrogens is 208 g/mol. The van der Waals surface area contributed by atoms with E-state index in [1.807, 2.05) is 0 Å². The highest BCUT2D eigenvalue weighted by Gasteiger charge is 2.63. The molecule has 3 fully saturated rings. The van der Waals surface area contributed by atoms with E-state index in [2.05, 4.69) is 0 Å². The van der Waals surface area contributed by atoms with E-state index < -0.39 is 11.9 Å². The number of rotatable bonds is 0. The highest BCUT2D eigenvalue weighted by Crippen LogP contribution is 2.45. The van der Waals surface area contributed by atoms with Gasteiger partial charge in [0.25, 0.3) is 5.79 Å². The highest BCUT2D eigenvalue weighted by molar-refractivity contribution is 7.79. The lowest BCUT2D eigenvalue weighted by atomic mass is 9.84. The zero-order chi connectivity index (χ0) is 9.92. The van der Waals surface area contributed by atoms with Crippen LogP contribution in [0.3, 0.4) is 0 Å². The molecule has 14 heavy (non-hydrogen) atoms. The van der Waals surface area contributed by atoms with Crippen LogP contribution in [-0.2, 0) is 19.0 Å². The SMILES string of the molecule is O=C1OC2(O)CC1CC1OC(=S)OC12. The van der Waals surface area contributed by atoms with Crippen molar-refractivity contribution in [1.29, 1.82) is 0 Å². The molecule has 4 atom stereocenters. The predicted molar refractivity (Wildman–Crippen MR) is 46.1 cm³/mol. The summed E-state index contributed by atoms with van der Waals surface area (Å²) in [5.41, 5.74) is 0. The minimum absolute atomic E-state index is 0.0250. The largest absolute Gasteiger partial charge is 0.449 e. The maximum Gasteiger partial charge on any atom is 0.353 e. The molecule has 5 nitrogen and oxygen atoms in total. The Morgan fingerprint density at radius 1 is 1.50 bits per heavy atom. The van der Waals surface area contributed by atoms with Gasteiger partial charge in [0.15, 0.2) is 0 Å². The summed E-state index contributed by atoms with van der Waals surface area (Å²) in [5.74, 6) is -2.20. The average molecular weight is 216 g/mol. The van der Waals surface area contributed by atoms with Gasteiger partial charge >= 0.3 is 11.2 Å². The van der Waals surface area contributed by atoms with E-state index in [0.29, 0.717) is 6.42 Å². The molecule has 2 heterocycles. The van der Waals surface area contributed by atoms with Gasteiger partial charge < -0.3 is 19.3 Å². The van der Waals surface area contributed by atoms with Crippen molar-refractivity contribution in [2.45, 2.75) is 30.8 Å². The standard InChI is InChI=1S/C8H8O5S/c9-6-3-1-4-5(12-7(14)11-4)8(10,2-3)13-6/h3-5,10H,1-2H2. The Labute approximate surface area is 84.9 Å². The van der Waals surface area contributed by atoms with Crippen LogP contribution in [0.2, 0.25) is 0 Å². The second-order valence-corrected chi connectivity index (χ2v) is 4.18. The summed E-state index contributed by atoms with van der Waals surface area (Å²) in [6.07, 6.45) is -0.222. The molecule has 2 aliphatic heterocycles. The smallest absolute Gasteiger partial charge is 0.353 e. The van der Waals surface area contributed by atoms with E-state index in [9.17, 15) is 9.90 Å². The fourth-order valence-electron chi connectivity index (χ4n) is 2.32. The van der Waals surface area contributed by atoms with Crippen LogP contribution in [0.25, 0.3) is 0 Å². The number of carbonyl (C=O) groups is 1. The van der Waals surface area contributed by atoms with Crippen LogP contribution >= 0.6 is 12.2 Å². The highest BCUT2D eigenvalue weighted by atomic mass is 32.1. The van der Waals surface area contributed by atoms with Crippen LogP contribution in [0.4, 0.5) is 0 Å². The molecule has 2 bridgehead atoms. The average Bonchev–Trinajstić information content (AvgIpc) is 2.55. The quantitative estimate of drug-likeness (QED) is 0.443. The van der Waals surface area contributed by atoms with Gasteiger partial charge in [-0.25, -0.2) is 0 Å². The molecule has 2 saturated heterocycles. The van der Waals surface area contributed by atoms with Crippen LogP contribution < -0.4 is 0 Å². The van der Waals surface area contributed by atoms with Gasteiger partial charge in [0.2, 0.25) is 6.10 Å². The van der Waals surface area contributed by atoms with Crippen molar-refractivity contribution in [3.05, 3.63) is 0 Å². The number of carbonyl (C=O) groups excluding carboxylic acids is 1. The third kappa shape index (κ3) is 0.923. The molecule has 0 radical (unpaired) electrons. The van der Waals surface area contributed by atoms with Crippen LogP contribution in [0.5, 0.6) is 0 Å². The molecular formula is C8H8O5S. The second-order valence-electron chi connectivity index (χ2n) is 3.85. The van der Waals surface area contributed by atoms with Crippen LogP contribution in [-0.4, -0.2) is 34.3 Å². The molecule has 76 valence electrons. The molecule has 3 rings (SSSR count). The van der Waals surface area contributed by atoms with Crippen molar-refractivity contribution in [3.8, 4) is 0 Å². The third-order valence-corrected chi connectivity index (χ3v) is 3.11. The number of thiocarbonyl (C=S) groups is 1. The molecule has 1 N–H and O–H groups in total. The van der Waals surface area contributed by atoms with E-state index >= 15 is 0 Å². The van der Waals surface area contributed by atoms with Gasteiger partial charge in [0.1, 0.15) is 6.10 Å². The molecule has 0 amide bonds. The first-order chi connectivity index (χ1) is 6.58. The molecule has 0 spiro atoms. The maximum absolute atomic E-state index is 11.2. The molecule has 0 aromatic heterocycles.